The minimum atomic E-state index is 0.694. The van der Waals surface area contributed by atoms with Crippen molar-refractivity contribution >= 4 is 43.8 Å². The van der Waals surface area contributed by atoms with Gasteiger partial charge in [-0.05, 0) is 29.1 Å². The van der Waals surface area contributed by atoms with E-state index in [1.54, 1.807) is 31.9 Å². The molecule has 0 unspecified atom stereocenters. The van der Waals surface area contributed by atoms with Gasteiger partial charge < -0.3 is 20.1 Å². The van der Waals surface area contributed by atoms with E-state index < -0.39 is 0 Å². The number of ether oxygens (including phenoxy) is 2. The van der Waals surface area contributed by atoms with Crippen LogP contribution in [-0.2, 0) is 0 Å². The Hall–Kier alpha value is -3.84. The summed E-state index contributed by atoms with van der Waals surface area (Å²) < 4.78 is 10.9. The van der Waals surface area contributed by atoms with Crippen LogP contribution in [0.25, 0.3) is 32.1 Å². The second-order valence-corrected chi connectivity index (χ2v) is 8.36. The minimum Gasteiger partial charge on any atom is -0.493 e. The molecular formula is C26H24N4O2S. The number of rotatable bonds is 8. The zero-order valence-corrected chi connectivity index (χ0v) is 19.3. The minimum absolute atomic E-state index is 0.694. The number of benzene rings is 3. The third kappa shape index (κ3) is 4.15. The van der Waals surface area contributed by atoms with Crippen molar-refractivity contribution in [2.45, 2.75) is 0 Å². The van der Waals surface area contributed by atoms with Crippen LogP contribution in [0.1, 0.15) is 0 Å². The second-order valence-electron chi connectivity index (χ2n) is 7.50. The Morgan fingerprint density at radius 2 is 1.67 bits per heavy atom. The smallest absolute Gasteiger partial charge is 0.161 e. The fourth-order valence-electron chi connectivity index (χ4n) is 3.98. The van der Waals surface area contributed by atoms with E-state index >= 15 is 0 Å². The first kappa shape index (κ1) is 21.0. The predicted octanol–water partition coefficient (Wildman–Crippen LogP) is 6.05. The zero-order chi connectivity index (χ0) is 22.6. The van der Waals surface area contributed by atoms with Crippen molar-refractivity contribution < 1.29 is 9.47 Å². The summed E-state index contributed by atoms with van der Waals surface area (Å²) in [6.45, 7) is 1.48. The number of hydrogen-bond donors (Lipinski definition) is 2. The van der Waals surface area contributed by atoms with Crippen molar-refractivity contribution in [1.82, 2.24) is 9.97 Å². The Morgan fingerprint density at radius 3 is 2.55 bits per heavy atom. The van der Waals surface area contributed by atoms with Gasteiger partial charge in [0.05, 0.1) is 19.6 Å². The molecule has 33 heavy (non-hydrogen) atoms. The second kappa shape index (κ2) is 9.34. The van der Waals surface area contributed by atoms with E-state index in [2.05, 4.69) is 68.4 Å². The normalized spacial score (nSPS) is 11.0. The monoisotopic (exact) mass is 456 g/mol. The zero-order valence-electron chi connectivity index (χ0n) is 18.5. The van der Waals surface area contributed by atoms with E-state index in [1.165, 1.54) is 10.8 Å². The SMILES string of the molecule is COc1ccc(-c2csc3ncnc(NCCNc4cccc5ccccc45)c23)cc1OC. The summed E-state index contributed by atoms with van der Waals surface area (Å²) in [5, 5.41) is 12.6. The molecule has 7 heteroatoms. The number of nitrogens with zero attached hydrogens (tertiary/aromatic N) is 2. The van der Waals surface area contributed by atoms with Gasteiger partial charge in [0.2, 0.25) is 0 Å². The van der Waals surface area contributed by atoms with Crippen molar-refractivity contribution in [3.8, 4) is 22.6 Å². The average molecular weight is 457 g/mol. The number of aromatic nitrogens is 2. The van der Waals surface area contributed by atoms with Crippen LogP contribution < -0.4 is 20.1 Å². The van der Waals surface area contributed by atoms with Crippen molar-refractivity contribution in [1.29, 1.82) is 0 Å². The lowest BCUT2D eigenvalue weighted by Crippen LogP contribution is -2.14. The first-order valence-electron chi connectivity index (χ1n) is 10.7. The average Bonchev–Trinajstić information content (AvgIpc) is 3.31. The van der Waals surface area contributed by atoms with Crippen molar-refractivity contribution in [2.24, 2.45) is 0 Å². The standard InChI is InChI=1S/C26H24N4O2S/c1-31-22-11-10-18(14-23(22)32-2)20-15-33-26-24(20)25(29-16-30-26)28-13-12-27-21-9-5-7-17-6-3-4-8-19(17)21/h3-11,14-16,27H,12-13H2,1-2H3,(H,28,29,30). The van der Waals surface area contributed by atoms with Gasteiger partial charge in [0.15, 0.2) is 11.5 Å². The molecule has 3 aromatic carbocycles. The molecule has 0 aliphatic carbocycles. The Labute approximate surface area is 196 Å². The Bertz CT molecular complexity index is 1410. The van der Waals surface area contributed by atoms with Gasteiger partial charge in [-0.2, -0.15) is 0 Å². The Kier molecular flexibility index (Phi) is 5.95. The lowest BCUT2D eigenvalue weighted by molar-refractivity contribution is 0.355. The predicted molar refractivity (Wildman–Crippen MR) is 137 cm³/mol. The first-order chi connectivity index (χ1) is 16.3. The third-order valence-electron chi connectivity index (χ3n) is 5.59. The molecule has 0 saturated carbocycles. The highest BCUT2D eigenvalue weighted by Crippen LogP contribution is 2.39. The summed E-state index contributed by atoms with van der Waals surface area (Å²) in [4.78, 5) is 9.95. The lowest BCUT2D eigenvalue weighted by atomic mass is 10.1. The van der Waals surface area contributed by atoms with E-state index in [-0.39, 0.29) is 0 Å². The molecule has 0 amide bonds. The molecule has 5 aromatic rings. The van der Waals surface area contributed by atoms with Crippen molar-refractivity contribution in [2.75, 3.05) is 37.9 Å². The molecule has 2 N–H and O–H groups in total. The molecule has 6 nitrogen and oxygen atoms in total. The van der Waals surface area contributed by atoms with Crippen molar-refractivity contribution in [3.05, 3.63) is 72.4 Å². The van der Waals surface area contributed by atoms with E-state index in [9.17, 15) is 0 Å². The summed E-state index contributed by atoms with van der Waals surface area (Å²) in [6.07, 6.45) is 1.61. The maximum absolute atomic E-state index is 5.49. The number of fused-ring (bicyclic) bond motifs is 2. The number of methoxy groups -OCH3 is 2. The quantitative estimate of drug-likeness (QED) is 0.277. The molecule has 0 saturated heterocycles. The number of hydrogen-bond acceptors (Lipinski definition) is 7. The van der Waals surface area contributed by atoms with Gasteiger partial charge in [0.25, 0.3) is 0 Å². The molecule has 0 spiro atoms. The molecule has 0 bridgehead atoms. The van der Waals surface area contributed by atoms with Gasteiger partial charge in [-0.1, -0.05) is 42.5 Å². The Morgan fingerprint density at radius 1 is 0.848 bits per heavy atom. The summed E-state index contributed by atoms with van der Waals surface area (Å²) in [5.41, 5.74) is 3.23. The van der Waals surface area contributed by atoms with Crippen LogP contribution in [0.15, 0.2) is 72.4 Å². The van der Waals surface area contributed by atoms with Crippen molar-refractivity contribution in [3.63, 3.8) is 0 Å². The van der Waals surface area contributed by atoms with Gasteiger partial charge in [0.1, 0.15) is 17.0 Å². The Balaban J connectivity index is 1.36. The molecule has 0 aliphatic rings. The molecular weight excluding hydrogens is 432 g/mol. The summed E-state index contributed by atoms with van der Waals surface area (Å²) in [5.74, 6) is 2.22. The lowest BCUT2D eigenvalue weighted by Gasteiger charge is -2.12. The molecule has 2 aromatic heterocycles. The van der Waals surface area contributed by atoms with Crippen LogP contribution in [0.2, 0.25) is 0 Å². The topological polar surface area (TPSA) is 68.3 Å². The highest BCUT2D eigenvalue weighted by atomic mass is 32.1. The van der Waals surface area contributed by atoms with E-state index in [0.717, 1.165) is 45.9 Å². The van der Waals surface area contributed by atoms with Gasteiger partial charge >= 0.3 is 0 Å². The first-order valence-corrected chi connectivity index (χ1v) is 11.6. The van der Waals surface area contributed by atoms with Gasteiger partial charge in [-0.15, -0.1) is 11.3 Å². The van der Waals surface area contributed by atoms with Crippen LogP contribution in [0, 0.1) is 0 Å². The highest BCUT2D eigenvalue weighted by Gasteiger charge is 2.15. The molecule has 5 rings (SSSR count). The summed E-state index contributed by atoms with van der Waals surface area (Å²) in [6, 6.07) is 20.6. The van der Waals surface area contributed by atoms with Crippen LogP contribution in [0.3, 0.4) is 0 Å². The van der Waals surface area contributed by atoms with Gasteiger partial charge in [0, 0.05) is 35.1 Å². The third-order valence-corrected chi connectivity index (χ3v) is 6.47. The summed E-state index contributed by atoms with van der Waals surface area (Å²) >= 11 is 1.61. The number of nitrogens with one attached hydrogen (secondary N) is 2. The fraction of sp³-hybridized carbons (Fsp3) is 0.154. The number of anilines is 2. The maximum atomic E-state index is 5.49. The fourth-order valence-corrected chi connectivity index (χ4v) is 4.90. The van der Waals surface area contributed by atoms with E-state index in [1.807, 2.05) is 18.2 Å². The van der Waals surface area contributed by atoms with Crippen LogP contribution in [0.5, 0.6) is 11.5 Å². The molecule has 0 aliphatic heterocycles. The molecule has 0 radical (unpaired) electrons. The van der Waals surface area contributed by atoms with E-state index in [4.69, 9.17) is 9.47 Å². The van der Waals surface area contributed by atoms with Crippen LogP contribution in [0.4, 0.5) is 11.5 Å². The highest BCUT2D eigenvalue weighted by molar-refractivity contribution is 7.17. The largest absolute Gasteiger partial charge is 0.493 e. The molecule has 2 heterocycles. The maximum Gasteiger partial charge on any atom is 0.161 e. The molecule has 0 fully saturated rings. The van der Waals surface area contributed by atoms with E-state index in [0.29, 0.717) is 11.5 Å². The van der Waals surface area contributed by atoms with Crippen LogP contribution >= 0.6 is 11.3 Å². The van der Waals surface area contributed by atoms with Crippen LogP contribution in [-0.4, -0.2) is 37.3 Å². The van der Waals surface area contributed by atoms with Gasteiger partial charge in [-0.25, -0.2) is 9.97 Å². The van der Waals surface area contributed by atoms with Gasteiger partial charge in [-0.3, -0.25) is 0 Å². The summed E-state index contributed by atoms with van der Waals surface area (Å²) in [7, 11) is 3.28. The number of thiophene rings is 1. The molecule has 0 atom stereocenters. The molecule has 166 valence electrons.